The average molecular weight is 375 g/mol. The second-order valence-corrected chi connectivity index (χ2v) is 7.07. The fourth-order valence-corrected chi connectivity index (χ4v) is 3.84. The zero-order valence-corrected chi connectivity index (χ0v) is 15.3. The maximum absolute atomic E-state index is 15.2. The third kappa shape index (κ3) is 2.78. The fourth-order valence-electron chi connectivity index (χ4n) is 3.84. The van der Waals surface area contributed by atoms with E-state index >= 15 is 4.39 Å². The predicted octanol–water partition coefficient (Wildman–Crippen LogP) is 1.58. The van der Waals surface area contributed by atoms with Crippen LogP contribution in [0.5, 0.6) is 5.75 Å². The fraction of sp³-hybridized carbons (Fsp3) is 0.444. The van der Waals surface area contributed by atoms with Crippen LogP contribution in [0, 0.1) is 5.82 Å². The monoisotopic (exact) mass is 375 g/mol. The molecule has 0 spiro atoms. The summed E-state index contributed by atoms with van der Waals surface area (Å²) < 4.78 is 23.1. The molecule has 2 aliphatic rings. The second kappa shape index (κ2) is 6.73. The van der Waals surface area contributed by atoms with E-state index in [1.807, 2.05) is 23.4 Å². The molecule has 0 amide bonds. The summed E-state index contributed by atoms with van der Waals surface area (Å²) in [6, 6.07) is 1.36. The Bertz CT molecular complexity index is 979. The maximum Gasteiger partial charge on any atom is 0.170 e. The Hall–Kier alpha value is -2.81. The molecule has 2 aliphatic heterocycles. The summed E-state index contributed by atoms with van der Waals surface area (Å²) in [4.78, 5) is 4.20. The van der Waals surface area contributed by atoms with Crippen molar-refractivity contribution in [3.8, 4) is 5.75 Å². The lowest BCUT2D eigenvalue weighted by atomic mass is 10.1. The predicted molar refractivity (Wildman–Crippen MR) is 98.5 cm³/mol. The summed E-state index contributed by atoms with van der Waals surface area (Å²) in [7, 11) is 2.05. The normalized spacial score (nSPS) is 21.2. The number of ether oxygens (including phenoxy) is 1. The number of hydrogen-bond donors (Lipinski definition) is 2. The molecule has 27 heavy (non-hydrogen) atoms. The number of rotatable bonds is 2. The Morgan fingerprint density at radius 1 is 1.26 bits per heavy atom. The van der Waals surface area contributed by atoms with E-state index in [9.17, 15) is 5.21 Å². The molecule has 8 nitrogen and oxygen atoms in total. The topological polar surface area (TPSA) is 85.8 Å². The van der Waals surface area contributed by atoms with Crippen LogP contribution in [0.3, 0.4) is 0 Å². The number of benzene rings is 1. The number of piperazine rings is 1. The highest BCUT2D eigenvalue weighted by molar-refractivity contribution is 5.95. The van der Waals surface area contributed by atoms with Crippen LogP contribution in [0.1, 0.15) is 18.5 Å². The van der Waals surface area contributed by atoms with Gasteiger partial charge < -0.3 is 29.5 Å². The Labute approximate surface area is 155 Å². The summed E-state index contributed by atoms with van der Waals surface area (Å²) in [6.45, 7) is 5.47. The molecule has 1 atom stereocenters. The van der Waals surface area contributed by atoms with Gasteiger partial charge in [-0.1, -0.05) is 10.3 Å². The van der Waals surface area contributed by atoms with Gasteiger partial charge in [-0.15, -0.1) is 0 Å². The van der Waals surface area contributed by atoms with Crippen molar-refractivity contribution in [3.05, 3.63) is 29.0 Å². The van der Waals surface area contributed by atoms with E-state index in [1.54, 1.807) is 6.20 Å². The van der Waals surface area contributed by atoms with E-state index in [-0.39, 0.29) is 11.4 Å². The van der Waals surface area contributed by atoms with E-state index in [0.717, 1.165) is 13.1 Å². The lowest BCUT2D eigenvalue weighted by Crippen LogP contribution is -2.45. The summed E-state index contributed by atoms with van der Waals surface area (Å²) >= 11 is 0. The standard InChI is InChI=1S/C18H22FN5O3/c1-11-10-27-18-16-13(15(21-26)12(8-20-25)9-24(11)16)7-14(19)17(18)23-5-3-22(2)4-6-23/h7-9,11,25-26H,3-6,10H2,1-2H3/b20-8+,21-15-/t11-/m0/s1. The molecule has 1 saturated heterocycles. The first-order valence-electron chi connectivity index (χ1n) is 8.88. The number of hydrogen-bond acceptors (Lipinski definition) is 7. The van der Waals surface area contributed by atoms with Crippen molar-refractivity contribution >= 4 is 22.8 Å². The SMILES string of the molecule is C[C@H]1COc2c(N3CCN(C)CC3)c(F)cc3/c(=N\O)c(/C=N/O)cn1c23. The van der Waals surface area contributed by atoms with Crippen LogP contribution in [0.4, 0.5) is 10.1 Å². The van der Waals surface area contributed by atoms with Gasteiger partial charge in [0.2, 0.25) is 0 Å². The Morgan fingerprint density at radius 2 is 2.00 bits per heavy atom. The summed E-state index contributed by atoms with van der Waals surface area (Å²) in [5, 5.41) is 25.3. The average Bonchev–Trinajstić information content (AvgIpc) is 2.65. The molecule has 2 N–H and O–H groups in total. The van der Waals surface area contributed by atoms with Gasteiger partial charge in [0.25, 0.3) is 0 Å². The van der Waals surface area contributed by atoms with Gasteiger partial charge in [0, 0.05) is 43.3 Å². The number of likely N-dealkylation sites (N-methyl/N-ethyl adjacent to an activating group) is 1. The molecule has 1 aromatic carbocycles. The van der Waals surface area contributed by atoms with Gasteiger partial charge in [-0.3, -0.25) is 0 Å². The Balaban J connectivity index is 2.02. The largest absolute Gasteiger partial charge is 0.487 e. The van der Waals surface area contributed by atoms with Crippen molar-refractivity contribution in [3.63, 3.8) is 0 Å². The highest BCUT2D eigenvalue weighted by Gasteiger charge is 2.29. The summed E-state index contributed by atoms with van der Waals surface area (Å²) in [5.74, 6) is 0.0381. The molecule has 0 radical (unpaired) electrons. The minimum atomic E-state index is -0.425. The minimum absolute atomic E-state index is 0.00983. The molecule has 9 heteroatoms. The van der Waals surface area contributed by atoms with Gasteiger partial charge in [-0.2, -0.15) is 0 Å². The van der Waals surface area contributed by atoms with Crippen LogP contribution in [-0.4, -0.2) is 65.9 Å². The number of aromatic nitrogens is 1. The number of nitrogens with zero attached hydrogens (tertiary/aromatic N) is 5. The van der Waals surface area contributed by atoms with Crippen molar-refractivity contribution in [2.24, 2.45) is 10.3 Å². The molecule has 4 rings (SSSR count). The lowest BCUT2D eigenvalue weighted by Gasteiger charge is -2.37. The van der Waals surface area contributed by atoms with Gasteiger partial charge in [-0.05, 0) is 20.0 Å². The van der Waals surface area contributed by atoms with Crippen molar-refractivity contribution in [1.82, 2.24) is 9.47 Å². The van der Waals surface area contributed by atoms with Crippen LogP contribution < -0.4 is 15.0 Å². The van der Waals surface area contributed by atoms with Gasteiger partial charge in [-0.25, -0.2) is 4.39 Å². The molecular weight excluding hydrogens is 353 g/mol. The zero-order chi connectivity index (χ0) is 19.1. The van der Waals surface area contributed by atoms with Gasteiger partial charge in [0.1, 0.15) is 17.7 Å². The first-order chi connectivity index (χ1) is 13.0. The van der Waals surface area contributed by atoms with Crippen LogP contribution in [0.15, 0.2) is 22.6 Å². The van der Waals surface area contributed by atoms with Crippen LogP contribution in [0.2, 0.25) is 0 Å². The molecule has 3 heterocycles. The maximum atomic E-state index is 15.2. The van der Waals surface area contributed by atoms with E-state index in [2.05, 4.69) is 15.2 Å². The van der Waals surface area contributed by atoms with E-state index in [4.69, 9.17) is 9.94 Å². The van der Waals surface area contributed by atoms with Crippen LogP contribution in [0.25, 0.3) is 10.9 Å². The third-order valence-corrected chi connectivity index (χ3v) is 5.31. The van der Waals surface area contributed by atoms with Gasteiger partial charge >= 0.3 is 0 Å². The van der Waals surface area contributed by atoms with E-state index in [0.29, 0.717) is 47.6 Å². The molecular formula is C18H22FN5O3. The van der Waals surface area contributed by atoms with E-state index in [1.165, 1.54) is 12.3 Å². The second-order valence-electron chi connectivity index (χ2n) is 7.07. The third-order valence-electron chi connectivity index (χ3n) is 5.31. The van der Waals surface area contributed by atoms with Crippen molar-refractivity contribution in [2.75, 3.05) is 44.7 Å². The van der Waals surface area contributed by atoms with Crippen LogP contribution in [-0.2, 0) is 0 Å². The molecule has 0 unspecified atom stereocenters. The molecule has 0 saturated carbocycles. The smallest absolute Gasteiger partial charge is 0.170 e. The quantitative estimate of drug-likeness (QED) is 0.473. The van der Waals surface area contributed by atoms with Crippen molar-refractivity contribution < 1.29 is 19.5 Å². The molecule has 1 aromatic heterocycles. The summed E-state index contributed by atoms with van der Waals surface area (Å²) in [6.07, 6.45) is 2.91. The molecule has 0 bridgehead atoms. The molecule has 1 fully saturated rings. The molecule has 2 aromatic rings. The van der Waals surface area contributed by atoms with E-state index < -0.39 is 5.82 Å². The number of halogens is 1. The number of oxime groups is 1. The Morgan fingerprint density at radius 3 is 2.67 bits per heavy atom. The number of anilines is 1. The van der Waals surface area contributed by atoms with Gasteiger partial charge in [0.15, 0.2) is 11.6 Å². The Kier molecular flexibility index (Phi) is 4.39. The highest BCUT2D eigenvalue weighted by atomic mass is 19.1. The van der Waals surface area contributed by atoms with Crippen LogP contribution >= 0.6 is 0 Å². The number of pyridine rings is 1. The highest BCUT2D eigenvalue weighted by Crippen LogP contribution is 2.41. The zero-order valence-electron chi connectivity index (χ0n) is 15.3. The first-order valence-corrected chi connectivity index (χ1v) is 8.88. The lowest BCUT2D eigenvalue weighted by molar-refractivity contribution is 0.244. The van der Waals surface area contributed by atoms with Crippen molar-refractivity contribution in [2.45, 2.75) is 13.0 Å². The molecule has 144 valence electrons. The minimum Gasteiger partial charge on any atom is -0.487 e. The first kappa shape index (κ1) is 17.6. The van der Waals surface area contributed by atoms with Crippen molar-refractivity contribution in [1.29, 1.82) is 0 Å². The summed E-state index contributed by atoms with van der Waals surface area (Å²) in [5.41, 5.74) is 1.51. The van der Waals surface area contributed by atoms with Gasteiger partial charge in [0.05, 0.1) is 17.8 Å². The molecule has 0 aliphatic carbocycles.